The fourth-order valence-corrected chi connectivity index (χ4v) is 2.57. The molecule has 0 radical (unpaired) electrons. The molecule has 0 spiro atoms. The van der Waals surface area contributed by atoms with Crippen LogP contribution in [0.5, 0.6) is 0 Å². The van der Waals surface area contributed by atoms with Crippen molar-refractivity contribution in [3.8, 4) is 11.5 Å². The predicted octanol–water partition coefficient (Wildman–Crippen LogP) is 2.37. The molecule has 0 aliphatic heterocycles. The minimum Gasteiger partial charge on any atom is -0.334 e. The molecule has 0 bridgehead atoms. The highest BCUT2D eigenvalue weighted by Gasteiger charge is 2.17. The van der Waals surface area contributed by atoms with Gasteiger partial charge in [0.2, 0.25) is 0 Å². The van der Waals surface area contributed by atoms with Gasteiger partial charge in [-0.25, -0.2) is 8.42 Å². The number of hydrogen-bond donors (Lipinski definition) is 1. The van der Waals surface area contributed by atoms with E-state index in [4.69, 9.17) is 16.1 Å². The lowest BCUT2D eigenvalue weighted by molar-refractivity contribution is 0.418. The van der Waals surface area contributed by atoms with Crippen LogP contribution in [0.1, 0.15) is 12.7 Å². The van der Waals surface area contributed by atoms with Gasteiger partial charge in [0.25, 0.3) is 5.89 Å². The molecule has 1 aromatic carbocycles. The summed E-state index contributed by atoms with van der Waals surface area (Å²) < 4.78 is 28.4. The maximum atomic E-state index is 11.6. The molecule has 1 heterocycles. The van der Waals surface area contributed by atoms with Crippen LogP contribution in [-0.4, -0.2) is 37.9 Å². The van der Waals surface area contributed by atoms with Crippen LogP contribution in [0.2, 0.25) is 5.02 Å². The molecular weight excluding hydrogens is 349 g/mol. The van der Waals surface area contributed by atoms with Gasteiger partial charge in [0.1, 0.15) is 0 Å². The van der Waals surface area contributed by atoms with E-state index in [1.165, 1.54) is 18.2 Å². The second-order valence-electron chi connectivity index (χ2n) is 4.82. The number of likely N-dealkylation sites (N-methyl/N-ethyl adjacent to an activating group) is 1. The lowest BCUT2D eigenvalue weighted by atomic mass is 10.2. The van der Waals surface area contributed by atoms with Gasteiger partial charge in [-0.3, -0.25) is 0 Å². The van der Waals surface area contributed by atoms with Crippen molar-refractivity contribution in [1.29, 1.82) is 0 Å². The number of nitrogens with one attached hydrogen (secondary N) is 1. The third-order valence-electron chi connectivity index (χ3n) is 3.05. The fourth-order valence-electron chi connectivity index (χ4n) is 1.72. The van der Waals surface area contributed by atoms with E-state index in [-0.39, 0.29) is 29.2 Å². The Labute approximate surface area is 140 Å². The summed E-state index contributed by atoms with van der Waals surface area (Å²) in [7, 11) is -1.48. The second kappa shape index (κ2) is 7.41. The number of hydrogen-bond acceptors (Lipinski definition) is 6. The Hall–Kier alpha value is -1.15. The second-order valence-corrected chi connectivity index (χ2v) is 7.25. The topological polar surface area (TPSA) is 85.1 Å². The average molecular weight is 366 g/mol. The quantitative estimate of drug-likeness (QED) is 0.875. The molecule has 0 aliphatic carbocycles. The summed E-state index contributed by atoms with van der Waals surface area (Å²) in [6, 6.07) is 4.60. The van der Waals surface area contributed by atoms with Crippen molar-refractivity contribution in [1.82, 2.24) is 15.5 Å². The van der Waals surface area contributed by atoms with Crippen LogP contribution in [0.4, 0.5) is 0 Å². The molecule has 6 nitrogen and oxygen atoms in total. The van der Waals surface area contributed by atoms with Crippen LogP contribution < -0.4 is 5.32 Å². The standard InChI is InChI=1S/C13H16ClN3O3S.ClH/c1-8(15-2)6-12-16-13(20-17-12)10-7-9(21(3,18)19)4-5-11(10)14;/h4-5,7-8,15H,6H2,1-3H3;1H. The number of nitrogens with zero attached hydrogens (tertiary/aromatic N) is 2. The first-order chi connectivity index (χ1) is 9.81. The number of benzene rings is 1. The molecule has 0 amide bonds. The van der Waals surface area contributed by atoms with Crippen molar-refractivity contribution in [2.45, 2.75) is 24.3 Å². The van der Waals surface area contributed by atoms with E-state index in [0.29, 0.717) is 22.8 Å². The summed E-state index contributed by atoms with van der Waals surface area (Å²) in [4.78, 5) is 4.41. The molecule has 1 atom stereocenters. The molecule has 0 fully saturated rings. The molecule has 0 saturated heterocycles. The summed E-state index contributed by atoms with van der Waals surface area (Å²) in [5.41, 5.74) is 0.412. The summed E-state index contributed by atoms with van der Waals surface area (Å²) >= 11 is 6.09. The van der Waals surface area contributed by atoms with Crippen molar-refractivity contribution in [3.05, 3.63) is 29.0 Å². The van der Waals surface area contributed by atoms with Gasteiger partial charge in [-0.1, -0.05) is 16.8 Å². The van der Waals surface area contributed by atoms with Gasteiger partial charge in [-0.15, -0.1) is 12.4 Å². The lowest BCUT2D eigenvalue weighted by Crippen LogP contribution is -2.24. The Morgan fingerprint density at radius 3 is 2.68 bits per heavy atom. The van der Waals surface area contributed by atoms with E-state index in [1.54, 1.807) is 0 Å². The first-order valence-electron chi connectivity index (χ1n) is 6.31. The molecular formula is C13H17Cl2N3O3S. The minimum absolute atomic E-state index is 0. The maximum Gasteiger partial charge on any atom is 0.259 e. The van der Waals surface area contributed by atoms with E-state index in [0.717, 1.165) is 6.26 Å². The zero-order valence-electron chi connectivity index (χ0n) is 12.3. The van der Waals surface area contributed by atoms with Crippen LogP contribution in [0.3, 0.4) is 0 Å². The number of halogens is 2. The lowest BCUT2D eigenvalue weighted by Gasteiger charge is -2.05. The zero-order chi connectivity index (χ0) is 15.6. The molecule has 0 saturated carbocycles. The SMILES string of the molecule is CNC(C)Cc1noc(-c2cc(S(C)(=O)=O)ccc2Cl)n1.Cl. The molecule has 2 aromatic rings. The third kappa shape index (κ3) is 4.42. The van der Waals surface area contributed by atoms with Gasteiger partial charge in [0.15, 0.2) is 15.7 Å². The Balaban J connectivity index is 0.00000242. The van der Waals surface area contributed by atoms with Gasteiger partial charge in [0, 0.05) is 18.7 Å². The molecule has 122 valence electrons. The first kappa shape index (κ1) is 18.9. The summed E-state index contributed by atoms with van der Waals surface area (Å²) in [6.45, 7) is 1.99. The van der Waals surface area contributed by atoms with E-state index >= 15 is 0 Å². The van der Waals surface area contributed by atoms with Crippen molar-refractivity contribution in [2.75, 3.05) is 13.3 Å². The predicted molar refractivity (Wildman–Crippen MR) is 87.3 cm³/mol. The molecule has 22 heavy (non-hydrogen) atoms. The Kier molecular flexibility index (Phi) is 6.37. The van der Waals surface area contributed by atoms with Gasteiger partial charge in [-0.2, -0.15) is 4.98 Å². The summed E-state index contributed by atoms with van der Waals surface area (Å²) in [5.74, 6) is 0.747. The van der Waals surface area contributed by atoms with E-state index in [2.05, 4.69) is 15.5 Å². The summed E-state index contributed by atoms with van der Waals surface area (Å²) in [6.07, 6.45) is 1.73. The van der Waals surface area contributed by atoms with E-state index < -0.39 is 9.84 Å². The molecule has 0 aliphatic rings. The highest BCUT2D eigenvalue weighted by molar-refractivity contribution is 7.90. The van der Waals surface area contributed by atoms with Gasteiger partial charge >= 0.3 is 0 Å². The van der Waals surface area contributed by atoms with Crippen LogP contribution >= 0.6 is 24.0 Å². The molecule has 1 N–H and O–H groups in total. The van der Waals surface area contributed by atoms with Gasteiger partial charge < -0.3 is 9.84 Å². The van der Waals surface area contributed by atoms with Crippen LogP contribution in [0, 0.1) is 0 Å². The van der Waals surface area contributed by atoms with E-state index in [9.17, 15) is 8.42 Å². The molecule has 2 rings (SSSR count). The van der Waals surface area contributed by atoms with Crippen molar-refractivity contribution in [2.24, 2.45) is 0 Å². The van der Waals surface area contributed by atoms with Crippen molar-refractivity contribution < 1.29 is 12.9 Å². The Bertz CT molecular complexity index is 747. The molecule has 1 unspecified atom stereocenters. The van der Waals surface area contributed by atoms with Crippen LogP contribution in [0.25, 0.3) is 11.5 Å². The highest BCUT2D eigenvalue weighted by Crippen LogP contribution is 2.29. The average Bonchev–Trinajstić information content (AvgIpc) is 2.86. The van der Waals surface area contributed by atoms with Gasteiger partial charge in [-0.05, 0) is 32.2 Å². The van der Waals surface area contributed by atoms with Crippen molar-refractivity contribution in [3.63, 3.8) is 0 Å². The number of rotatable bonds is 5. The minimum atomic E-state index is -3.32. The largest absolute Gasteiger partial charge is 0.334 e. The smallest absolute Gasteiger partial charge is 0.259 e. The normalized spacial score (nSPS) is 12.7. The number of aromatic nitrogens is 2. The van der Waals surface area contributed by atoms with Gasteiger partial charge in [0.05, 0.1) is 15.5 Å². The fraction of sp³-hybridized carbons (Fsp3) is 0.385. The van der Waals surface area contributed by atoms with Crippen molar-refractivity contribution >= 4 is 33.8 Å². The molecule has 1 aromatic heterocycles. The van der Waals surface area contributed by atoms with E-state index in [1.807, 2.05) is 14.0 Å². The summed E-state index contributed by atoms with van der Waals surface area (Å²) in [5, 5.41) is 7.32. The maximum absolute atomic E-state index is 11.6. The van der Waals surface area contributed by atoms with Crippen LogP contribution in [-0.2, 0) is 16.3 Å². The Morgan fingerprint density at radius 2 is 2.09 bits per heavy atom. The Morgan fingerprint density at radius 1 is 1.41 bits per heavy atom. The zero-order valence-corrected chi connectivity index (χ0v) is 14.7. The third-order valence-corrected chi connectivity index (χ3v) is 4.49. The number of sulfone groups is 1. The molecule has 9 heteroatoms. The first-order valence-corrected chi connectivity index (χ1v) is 8.58. The highest BCUT2D eigenvalue weighted by atomic mass is 35.5. The monoisotopic (exact) mass is 365 g/mol. The van der Waals surface area contributed by atoms with Crippen LogP contribution in [0.15, 0.2) is 27.6 Å².